The van der Waals surface area contributed by atoms with Crippen molar-refractivity contribution >= 4 is 28.1 Å². The highest BCUT2D eigenvalue weighted by Crippen LogP contribution is 2.37. The monoisotopic (exact) mass is 466 g/mol. The highest BCUT2D eigenvalue weighted by molar-refractivity contribution is 5.92. The number of pyridine rings is 1. The van der Waals surface area contributed by atoms with Crippen LogP contribution >= 0.6 is 0 Å². The molecule has 0 atom stereocenters. The van der Waals surface area contributed by atoms with Gasteiger partial charge in [0.1, 0.15) is 11.8 Å². The average molecular weight is 467 g/mol. The summed E-state index contributed by atoms with van der Waals surface area (Å²) in [7, 11) is 0. The molecule has 0 spiro atoms. The quantitative estimate of drug-likeness (QED) is 0.434. The molecule has 1 saturated heterocycles. The number of fused-ring (bicyclic) bond motifs is 2. The fourth-order valence-corrected chi connectivity index (χ4v) is 5.07. The van der Waals surface area contributed by atoms with Gasteiger partial charge in [-0.3, -0.25) is 14.5 Å². The Labute approximate surface area is 202 Å². The molecular formula is C26H26N8O. The molecule has 1 aromatic carbocycles. The Hall–Kier alpha value is -4.27. The van der Waals surface area contributed by atoms with Gasteiger partial charge in [-0.05, 0) is 42.7 Å². The molecule has 0 radical (unpaired) electrons. The molecule has 0 saturated carbocycles. The molecule has 0 bridgehead atoms. The highest BCUT2D eigenvalue weighted by atomic mass is 16.2. The Bertz CT molecular complexity index is 1530. The normalized spacial score (nSPS) is 14.7. The molecule has 35 heavy (non-hydrogen) atoms. The topological polar surface area (TPSA) is 107 Å². The van der Waals surface area contributed by atoms with E-state index in [2.05, 4.69) is 39.3 Å². The molecule has 1 aliphatic heterocycles. The van der Waals surface area contributed by atoms with E-state index in [0.29, 0.717) is 18.3 Å². The molecule has 176 valence electrons. The summed E-state index contributed by atoms with van der Waals surface area (Å²) in [5.74, 6) is 0.872. The van der Waals surface area contributed by atoms with Crippen LogP contribution in [0.3, 0.4) is 0 Å². The molecule has 2 N–H and O–H groups in total. The fraction of sp³-hybridized carbons (Fsp3) is 0.269. The Morgan fingerprint density at radius 1 is 1.11 bits per heavy atom. The molecule has 9 heteroatoms. The van der Waals surface area contributed by atoms with Crippen LogP contribution in [0.25, 0.3) is 27.5 Å². The molecule has 5 heterocycles. The minimum atomic E-state index is 0.131. The van der Waals surface area contributed by atoms with E-state index in [1.54, 1.807) is 13.1 Å². The first-order chi connectivity index (χ1) is 17.1. The van der Waals surface area contributed by atoms with Crippen molar-refractivity contribution in [2.24, 2.45) is 0 Å². The average Bonchev–Trinajstić information content (AvgIpc) is 3.46. The van der Waals surface area contributed by atoms with Gasteiger partial charge in [-0.1, -0.05) is 18.2 Å². The minimum Gasteiger partial charge on any atom is -0.382 e. The van der Waals surface area contributed by atoms with Crippen molar-refractivity contribution in [2.75, 3.05) is 18.8 Å². The molecule has 0 unspecified atom stereocenters. The number of nitrogens with zero attached hydrogens (tertiary/aromatic N) is 7. The van der Waals surface area contributed by atoms with E-state index in [4.69, 9.17) is 10.8 Å². The van der Waals surface area contributed by atoms with E-state index >= 15 is 0 Å². The van der Waals surface area contributed by atoms with Crippen molar-refractivity contribution in [2.45, 2.75) is 32.2 Å². The second kappa shape index (κ2) is 8.50. The minimum absolute atomic E-state index is 0.131. The van der Waals surface area contributed by atoms with Crippen molar-refractivity contribution in [1.82, 2.24) is 34.3 Å². The second-order valence-corrected chi connectivity index (χ2v) is 9.09. The van der Waals surface area contributed by atoms with Crippen molar-refractivity contribution in [1.29, 1.82) is 0 Å². The first-order valence-electron chi connectivity index (χ1n) is 11.8. The second-order valence-electron chi connectivity index (χ2n) is 9.09. The van der Waals surface area contributed by atoms with Crippen molar-refractivity contribution in [3.8, 4) is 11.1 Å². The lowest BCUT2D eigenvalue weighted by Gasteiger charge is -2.31. The number of carbonyl (C=O) groups excluding carboxylic acids is 1. The van der Waals surface area contributed by atoms with Crippen LogP contribution < -0.4 is 5.73 Å². The summed E-state index contributed by atoms with van der Waals surface area (Å²) in [6.45, 7) is 3.75. The summed E-state index contributed by atoms with van der Waals surface area (Å²) in [4.78, 5) is 22.3. The van der Waals surface area contributed by atoms with Gasteiger partial charge in [0.05, 0.1) is 17.8 Å². The zero-order valence-corrected chi connectivity index (χ0v) is 19.5. The van der Waals surface area contributed by atoms with Gasteiger partial charge >= 0.3 is 0 Å². The van der Waals surface area contributed by atoms with Crippen LogP contribution in [0, 0.1) is 0 Å². The molecule has 0 aliphatic carbocycles. The zero-order valence-electron chi connectivity index (χ0n) is 19.5. The number of amides is 1. The number of piperidine rings is 1. The van der Waals surface area contributed by atoms with E-state index in [-0.39, 0.29) is 5.91 Å². The summed E-state index contributed by atoms with van der Waals surface area (Å²) >= 11 is 0. The molecular weight excluding hydrogens is 440 g/mol. The summed E-state index contributed by atoms with van der Waals surface area (Å²) in [5.41, 5.74) is 12.1. The number of carbonyl (C=O) groups is 1. The van der Waals surface area contributed by atoms with Gasteiger partial charge in [-0.2, -0.15) is 10.2 Å². The number of hydrogen-bond donors (Lipinski definition) is 1. The lowest BCUT2D eigenvalue weighted by atomic mass is 9.93. The van der Waals surface area contributed by atoms with Crippen LogP contribution in [0.5, 0.6) is 0 Å². The Morgan fingerprint density at radius 2 is 1.97 bits per heavy atom. The molecule has 9 nitrogen and oxygen atoms in total. The predicted molar refractivity (Wildman–Crippen MR) is 134 cm³/mol. The lowest BCUT2D eigenvalue weighted by Crippen LogP contribution is -2.36. The van der Waals surface area contributed by atoms with Gasteiger partial charge in [0, 0.05) is 55.0 Å². The Morgan fingerprint density at radius 3 is 2.74 bits per heavy atom. The standard InChI is InChI=1S/C26H26N8O/c1-17(35)32-10-7-18(8-11-32)24-13-22(25-26(27)29-16-30-34(24)25)19-5-6-20-14-33(31-23(20)12-19)15-21-4-2-3-9-28-21/h2-6,9,12-14,16,18H,7-8,10-11,15H2,1H3,(H2,27,29,30). The van der Waals surface area contributed by atoms with Crippen LogP contribution in [-0.4, -0.2) is 53.3 Å². The lowest BCUT2D eigenvalue weighted by molar-refractivity contribution is -0.129. The van der Waals surface area contributed by atoms with Crippen LogP contribution in [-0.2, 0) is 11.3 Å². The van der Waals surface area contributed by atoms with Gasteiger partial charge in [-0.15, -0.1) is 0 Å². The molecule has 1 fully saturated rings. The van der Waals surface area contributed by atoms with Crippen molar-refractivity contribution < 1.29 is 4.79 Å². The maximum absolute atomic E-state index is 11.8. The Balaban J connectivity index is 1.38. The van der Waals surface area contributed by atoms with Gasteiger partial charge in [-0.25, -0.2) is 9.50 Å². The van der Waals surface area contributed by atoms with E-state index < -0.39 is 0 Å². The van der Waals surface area contributed by atoms with E-state index in [9.17, 15) is 4.79 Å². The molecule has 1 amide bonds. The summed E-state index contributed by atoms with van der Waals surface area (Å²) in [6.07, 6.45) is 7.13. The summed E-state index contributed by atoms with van der Waals surface area (Å²) < 4.78 is 3.84. The summed E-state index contributed by atoms with van der Waals surface area (Å²) in [5, 5.41) is 10.4. The van der Waals surface area contributed by atoms with Gasteiger partial charge in [0.2, 0.25) is 5.91 Å². The third-order valence-electron chi connectivity index (χ3n) is 6.88. The maximum Gasteiger partial charge on any atom is 0.219 e. The van der Waals surface area contributed by atoms with Crippen molar-refractivity contribution in [3.05, 3.63) is 72.6 Å². The molecule has 6 rings (SSSR count). The van der Waals surface area contributed by atoms with Gasteiger partial charge < -0.3 is 10.6 Å². The number of benzene rings is 1. The van der Waals surface area contributed by atoms with Gasteiger partial charge in [0.15, 0.2) is 5.82 Å². The largest absolute Gasteiger partial charge is 0.382 e. The van der Waals surface area contributed by atoms with Crippen LogP contribution in [0.4, 0.5) is 5.82 Å². The van der Waals surface area contributed by atoms with Crippen LogP contribution in [0.15, 0.2) is 61.2 Å². The molecule has 1 aliphatic rings. The number of hydrogen-bond acceptors (Lipinski definition) is 6. The number of aromatic nitrogens is 6. The van der Waals surface area contributed by atoms with Gasteiger partial charge in [0.25, 0.3) is 0 Å². The fourth-order valence-electron chi connectivity index (χ4n) is 5.07. The molecule has 5 aromatic rings. The SMILES string of the molecule is CC(=O)N1CCC(c2cc(-c3ccc4cn(Cc5ccccn5)nc4c3)c3c(N)ncnn23)CC1. The third-order valence-corrected chi connectivity index (χ3v) is 6.88. The van der Waals surface area contributed by atoms with E-state index in [1.165, 1.54) is 6.33 Å². The van der Waals surface area contributed by atoms with Crippen LogP contribution in [0.1, 0.15) is 37.1 Å². The first kappa shape index (κ1) is 21.3. The maximum atomic E-state index is 11.8. The van der Waals surface area contributed by atoms with E-state index in [0.717, 1.165) is 64.9 Å². The van der Waals surface area contributed by atoms with Crippen molar-refractivity contribution in [3.63, 3.8) is 0 Å². The zero-order chi connectivity index (χ0) is 23.9. The Kier molecular flexibility index (Phi) is 5.17. The van der Waals surface area contributed by atoms with E-state index in [1.807, 2.05) is 38.5 Å². The first-order valence-corrected chi connectivity index (χ1v) is 11.8. The van der Waals surface area contributed by atoms with Crippen LogP contribution in [0.2, 0.25) is 0 Å². The highest BCUT2D eigenvalue weighted by Gasteiger charge is 2.26. The molecule has 4 aromatic heterocycles. The number of anilines is 1. The number of nitrogens with two attached hydrogens (primary N) is 1. The smallest absolute Gasteiger partial charge is 0.219 e. The number of rotatable bonds is 4. The predicted octanol–water partition coefficient (Wildman–Crippen LogP) is 3.50. The number of nitrogen functional groups attached to an aromatic ring is 1. The summed E-state index contributed by atoms with van der Waals surface area (Å²) in [6, 6.07) is 14.3. The number of likely N-dealkylation sites (tertiary alicyclic amines) is 1. The third kappa shape index (κ3) is 3.88.